The third-order valence-corrected chi connectivity index (χ3v) is 5.38. The Morgan fingerprint density at radius 2 is 1.93 bits per heavy atom. The second kappa shape index (κ2) is 8.40. The zero-order chi connectivity index (χ0) is 20.3. The van der Waals surface area contributed by atoms with Gasteiger partial charge in [0.25, 0.3) is 0 Å². The van der Waals surface area contributed by atoms with E-state index in [1.807, 2.05) is 37.4 Å². The van der Waals surface area contributed by atoms with Crippen molar-refractivity contribution in [2.45, 2.75) is 46.6 Å². The van der Waals surface area contributed by atoms with Gasteiger partial charge in [-0.05, 0) is 64.0 Å². The lowest BCUT2D eigenvalue weighted by atomic mass is 9.88. The van der Waals surface area contributed by atoms with Crippen LogP contribution < -0.4 is 9.64 Å². The molecule has 1 aliphatic heterocycles. The number of aliphatic imine (C=N–C) groups is 1. The van der Waals surface area contributed by atoms with E-state index >= 15 is 0 Å². The van der Waals surface area contributed by atoms with Gasteiger partial charge in [-0.2, -0.15) is 0 Å². The van der Waals surface area contributed by atoms with Gasteiger partial charge in [0.1, 0.15) is 11.4 Å². The lowest BCUT2D eigenvalue weighted by Gasteiger charge is -2.43. The normalized spacial score (nSPS) is 15.5. The van der Waals surface area contributed by atoms with Crippen LogP contribution >= 0.6 is 11.6 Å². The highest BCUT2D eigenvalue weighted by atomic mass is 35.5. The average Bonchev–Trinajstić information content (AvgIpc) is 2.64. The average molecular weight is 397 g/mol. The molecule has 0 unspecified atom stereocenters. The lowest BCUT2D eigenvalue weighted by Crippen LogP contribution is -2.45. The van der Waals surface area contributed by atoms with Gasteiger partial charge >= 0.3 is 0 Å². The first kappa shape index (κ1) is 20.5. The molecule has 0 atom stereocenters. The SMILES string of the molecule is CCCN1c2cc(Cl)c(C=Nc3ccccc3OCC)cc2C(C)=CC1(C)C. The smallest absolute Gasteiger partial charge is 0.144 e. The predicted molar refractivity (Wildman–Crippen MR) is 122 cm³/mol. The first-order chi connectivity index (χ1) is 13.4. The Labute approximate surface area is 173 Å². The van der Waals surface area contributed by atoms with E-state index < -0.39 is 0 Å². The van der Waals surface area contributed by atoms with Crippen LogP contribution in [-0.2, 0) is 0 Å². The molecule has 3 nitrogen and oxygen atoms in total. The fraction of sp³-hybridized carbons (Fsp3) is 0.375. The van der Waals surface area contributed by atoms with Crippen molar-refractivity contribution in [1.82, 2.24) is 0 Å². The molecule has 148 valence electrons. The second-order valence-corrected chi connectivity index (χ2v) is 8.09. The molecule has 0 radical (unpaired) electrons. The molecule has 0 spiro atoms. The van der Waals surface area contributed by atoms with Gasteiger partial charge in [-0.15, -0.1) is 0 Å². The Morgan fingerprint density at radius 1 is 1.18 bits per heavy atom. The molecule has 2 aromatic carbocycles. The van der Waals surface area contributed by atoms with Crippen molar-refractivity contribution in [3.05, 3.63) is 58.6 Å². The number of allylic oxidation sites excluding steroid dienone is 1. The van der Waals surface area contributed by atoms with Gasteiger partial charge in [0.15, 0.2) is 0 Å². The van der Waals surface area contributed by atoms with Crippen LogP contribution in [0.3, 0.4) is 0 Å². The molecule has 3 rings (SSSR count). The van der Waals surface area contributed by atoms with Crippen molar-refractivity contribution in [2.75, 3.05) is 18.1 Å². The zero-order valence-corrected chi connectivity index (χ0v) is 18.2. The monoisotopic (exact) mass is 396 g/mol. The van der Waals surface area contributed by atoms with Crippen LogP contribution in [0, 0.1) is 0 Å². The predicted octanol–water partition coefficient (Wildman–Crippen LogP) is 6.90. The van der Waals surface area contributed by atoms with Gasteiger partial charge in [0, 0.05) is 29.6 Å². The fourth-order valence-electron chi connectivity index (χ4n) is 3.83. The Morgan fingerprint density at radius 3 is 2.64 bits per heavy atom. The first-order valence-electron chi connectivity index (χ1n) is 9.94. The number of benzene rings is 2. The fourth-order valence-corrected chi connectivity index (χ4v) is 4.03. The molecule has 28 heavy (non-hydrogen) atoms. The molecule has 0 amide bonds. The van der Waals surface area contributed by atoms with Crippen LogP contribution in [0.4, 0.5) is 11.4 Å². The Bertz CT molecular complexity index is 915. The molecule has 0 bridgehead atoms. The molecular formula is C24H29ClN2O. The summed E-state index contributed by atoms with van der Waals surface area (Å²) < 4.78 is 5.66. The molecule has 1 aliphatic rings. The quantitative estimate of drug-likeness (QED) is 0.496. The Balaban J connectivity index is 2.01. The number of para-hydroxylation sites is 2. The lowest BCUT2D eigenvalue weighted by molar-refractivity contribution is 0.341. The minimum atomic E-state index is -0.0253. The highest BCUT2D eigenvalue weighted by Crippen LogP contribution is 2.41. The Kier molecular flexibility index (Phi) is 6.14. The molecule has 0 N–H and O–H groups in total. The van der Waals surface area contributed by atoms with Crippen molar-refractivity contribution in [3.63, 3.8) is 0 Å². The maximum absolute atomic E-state index is 6.67. The third kappa shape index (κ3) is 4.10. The zero-order valence-electron chi connectivity index (χ0n) is 17.4. The number of hydrogen-bond acceptors (Lipinski definition) is 3. The highest BCUT2D eigenvalue weighted by Gasteiger charge is 2.31. The number of hydrogen-bond donors (Lipinski definition) is 0. The van der Waals surface area contributed by atoms with Gasteiger partial charge in [0.05, 0.1) is 17.2 Å². The van der Waals surface area contributed by atoms with E-state index in [9.17, 15) is 0 Å². The molecule has 4 heteroatoms. The molecule has 2 aromatic rings. The number of rotatable bonds is 6. The van der Waals surface area contributed by atoms with Crippen molar-refractivity contribution in [1.29, 1.82) is 0 Å². The summed E-state index contributed by atoms with van der Waals surface area (Å²) in [7, 11) is 0. The summed E-state index contributed by atoms with van der Waals surface area (Å²) in [6.45, 7) is 12.5. The topological polar surface area (TPSA) is 24.8 Å². The number of nitrogens with zero attached hydrogens (tertiary/aromatic N) is 2. The maximum Gasteiger partial charge on any atom is 0.144 e. The van der Waals surface area contributed by atoms with E-state index in [-0.39, 0.29) is 5.54 Å². The summed E-state index contributed by atoms with van der Waals surface area (Å²) in [6.07, 6.45) is 5.26. The van der Waals surface area contributed by atoms with E-state index in [1.54, 1.807) is 0 Å². The van der Waals surface area contributed by atoms with Crippen LogP contribution in [0.25, 0.3) is 5.57 Å². The maximum atomic E-state index is 6.67. The molecule has 1 heterocycles. The van der Waals surface area contributed by atoms with Gasteiger partial charge in [0.2, 0.25) is 0 Å². The number of ether oxygens (including phenoxy) is 1. The van der Waals surface area contributed by atoms with Gasteiger partial charge in [-0.25, -0.2) is 0 Å². The van der Waals surface area contributed by atoms with Crippen molar-refractivity contribution in [3.8, 4) is 5.75 Å². The third-order valence-electron chi connectivity index (χ3n) is 5.05. The minimum Gasteiger partial charge on any atom is -0.492 e. The Hall–Kier alpha value is -2.26. The molecule has 0 fully saturated rings. The van der Waals surface area contributed by atoms with Crippen molar-refractivity contribution < 1.29 is 4.74 Å². The van der Waals surface area contributed by atoms with Crippen LogP contribution in [0.1, 0.15) is 52.2 Å². The van der Waals surface area contributed by atoms with Crippen molar-refractivity contribution in [2.24, 2.45) is 4.99 Å². The van der Waals surface area contributed by atoms with Crippen molar-refractivity contribution >= 4 is 34.8 Å². The summed E-state index contributed by atoms with van der Waals surface area (Å²) in [4.78, 5) is 7.08. The van der Waals surface area contributed by atoms with E-state index in [0.29, 0.717) is 11.6 Å². The van der Waals surface area contributed by atoms with Gasteiger partial charge in [-0.3, -0.25) is 4.99 Å². The minimum absolute atomic E-state index is 0.0253. The van der Waals surface area contributed by atoms with E-state index in [1.165, 1.54) is 16.8 Å². The van der Waals surface area contributed by atoms with Crippen LogP contribution in [0.15, 0.2) is 47.5 Å². The first-order valence-corrected chi connectivity index (χ1v) is 10.3. The number of anilines is 1. The highest BCUT2D eigenvalue weighted by molar-refractivity contribution is 6.33. The second-order valence-electron chi connectivity index (χ2n) is 7.68. The van der Waals surface area contributed by atoms with Gasteiger partial charge < -0.3 is 9.64 Å². The van der Waals surface area contributed by atoms with Gasteiger partial charge in [-0.1, -0.05) is 36.7 Å². The number of halogens is 1. The van der Waals surface area contributed by atoms with Crippen LogP contribution in [-0.4, -0.2) is 24.9 Å². The summed E-state index contributed by atoms with van der Waals surface area (Å²) in [5.41, 5.74) is 5.38. The molecule has 0 aromatic heterocycles. The van der Waals surface area contributed by atoms with E-state index in [4.69, 9.17) is 16.3 Å². The molecule has 0 saturated heterocycles. The molecule has 0 saturated carbocycles. The largest absolute Gasteiger partial charge is 0.492 e. The molecular weight excluding hydrogens is 368 g/mol. The summed E-state index contributed by atoms with van der Waals surface area (Å²) in [5, 5.41) is 0.711. The summed E-state index contributed by atoms with van der Waals surface area (Å²) in [6, 6.07) is 12.0. The van der Waals surface area contributed by atoms with E-state index in [0.717, 1.165) is 30.0 Å². The van der Waals surface area contributed by atoms with Crippen LogP contribution in [0.5, 0.6) is 5.75 Å². The summed E-state index contributed by atoms with van der Waals surface area (Å²) in [5.74, 6) is 0.780. The standard InChI is InChI=1S/C24H29ClN2O/c1-6-12-27-22-14-20(25)18(13-19(22)17(3)15-24(27,4)5)16-26-21-10-8-9-11-23(21)28-7-2/h8-11,13-16H,6-7,12H2,1-5H3. The van der Waals surface area contributed by atoms with E-state index in [2.05, 4.69) is 55.8 Å². The summed E-state index contributed by atoms with van der Waals surface area (Å²) >= 11 is 6.67. The van der Waals surface area contributed by atoms with Crippen LogP contribution in [0.2, 0.25) is 5.02 Å². The molecule has 0 aliphatic carbocycles. The number of fused-ring (bicyclic) bond motifs is 1.